The number of benzene rings is 1. The topological polar surface area (TPSA) is 37.4 Å². The third-order valence-electron chi connectivity index (χ3n) is 3.35. The summed E-state index contributed by atoms with van der Waals surface area (Å²) in [6.07, 6.45) is 0.953. The van der Waals surface area contributed by atoms with E-state index in [2.05, 4.69) is 0 Å². The molecule has 1 aromatic heterocycles. The highest BCUT2D eigenvalue weighted by molar-refractivity contribution is 7.12. The van der Waals surface area contributed by atoms with Gasteiger partial charge in [0.05, 0.1) is 17.1 Å². The second kappa shape index (κ2) is 5.17. The molecule has 2 aromatic rings. The van der Waals surface area contributed by atoms with Crippen molar-refractivity contribution >= 4 is 28.7 Å². The molecule has 3 nitrogen and oxygen atoms in total. The van der Waals surface area contributed by atoms with Gasteiger partial charge in [0.25, 0.3) is 0 Å². The van der Waals surface area contributed by atoms with Crippen molar-refractivity contribution in [3.8, 4) is 0 Å². The first-order valence-electron chi connectivity index (χ1n) is 6.30. The highest BCUT2D eigenvalue weighted by Gasteiger charge is 2.26. The molecule has 5 heteroatoms. The number of ketones is 1. The van der Waals surface area contributed by atoms with E-state index in [1.807, 2.05) is 5.38 Å². The Kier molecular flexibility index (Phi) is 3.36. The van der Waals surface area contributed by atoms with Crippen LogP contribution in [0, 0.1) is 5.82 Å². The van der Waals surface area contributed by atoms with Crippen LogP contribution < -0.4 is 4.90 Å². The molecule has 0 fully saturated rings. The maximum atomic E-state index is 13.4. The third kappa shape index (κ3) is 2.36. The van der Waals surface area contributed by atoms with E-state index in [0.29, 0.717) is 23.4 Å². The van der Waals surface area contributed by atoms with Crippen molar-refractivity contribution in [1.29, 1.82) is 0 Å². The van der Waals surface area contributed by atoms with Crippen molar-refractivity contribution in [3.05, 3.63) is 52.0 Å². The standard InChI is InChI=1S/C15H12FNO2S/c16-11-5-3-10-4-6-15(19)17(12(10)8-11)9-13(18)14-2-1-7-20-14/h1-3,5,7-8H,4,6,9H2. The Hall–Kier alpha value is -2.01. The summed E-state index contributed by atoms with van der Waals surface area (Å²) in [7, 11) is 0. The number of thiophene rings is 1. The van der Waals surface area contributed by atoms with Crippen molar-refractivity contribution in [2.24, 2.45) is 0 Å². The molecule has 0 atom stereocenters. The fourth-order valence-corrected chi connectivity index (χ4v) is 3.00. The molecule has 1 aromatic carbocycles. The van der Waals surface area contributed by atoms with E-state index in [0.717, 1.165) is 5.56 Å². The van der Waals surface area contributed by atoms with Crippen LogP contribution in [0.25, 0.3) is 0 Å². The van der Waals surface area contributed by atoms with Crippen LogP contribution in [0.4, 0.5) is 10.1 Å². The van der Waals surface area contributed by atoms with Crippen molar-refractivity contribution in [1.82, 2.24) is 0 Å². The molecule has 0 bridgehead atoms. The molecule has 0 saturated heterocycles. The number of nitrogens with zero attached hydrogens (tertiary/aromatic N) is 1. The lowest BCUT2D eigenvalue weighted by Gasteiger charge is -2.28. The minimum Gasteiger partial charge on any atom is -0.304 e. The molecule has 20 heavy (non-hydrogen) atoms. The van der Waals surface area contributed by atoms with Crippen LogP contribution in [0.2, 0.25) is 0 Å². The number of aryl methyl sites for hydroxylation is 1. The van der Waals surface area contributed by atoms with Gasteiger partial charge in [0.15, 0.2) is 5.78 Å². The lowest BCUT2D eigenvalue weighted by atomic mass is 10.0. The molecule has 1 amide bonds. The number of carbonyl (C=O) groups excluding carboxylic acids is 2. The number of hydrogen-bond acceptors (Lipinski definition) is 3. The summed E-state index contributed by atoms with van der Waals surface area (Å²) in [5.74, 6) is -0.648. The van der Waals surface area contributed by atoms with E-state index >= 15 is 0 Å². The number of amides is 1. The van der Waals surface area contributed by atoms with Crippen LogP contribution in [-0.4, -0.2) is 18.2 Å². The molecule has 102 valence electrons. The summed E-state index contributed by atoms with van der Waals surface area (Å²) in [5, 5.41) is 1.82. The normalized spacial score (nSPS) is 14.2. The fraction of sp³-hybridized carbons (Fsp3) is 0.200. The van der Waals surface area contributed by atoms with Crippen molar-refractivity contribution in [2.75, 3.05) is 11.4 Å². The first kappa shape index (κ1) is 13.0. The van der Waals surface area contributed by atoms with Crippen LogP contribution in [0.3, 0.4) is 0 Å². The smallest absolute Gasteiger partial charge is 0.227 e. The lowest BCUT2D eigenvalue weighted by Crippen LogP contribution is -2.39. The van der Waals surface area contributed by atoms with E-state index in [1.165, 1.54) is 28.4 Å². The van der Waals surface area contributed by atoms with Gasteiger partial charge >= 0.3 is 0 Å². The lowest BCUT2D eigenvalue weighted by molar-refractivity contribution is -0.118. The third-order valence-corrected chi connectivity index (χ3v) is 4.26. The predicted molar refractivity (Wildman–Crippen MR) is 75.7 cm³/mol. The SMILES string of the molecule is O=C(CN1C(=O)CCc2ccc(F)cc21)c1cccs1. The van der Waals surface area contributed by atoms with Gasteiger partial charge in [-0.15, -0.1) is 11.3 Å². The average Bonchev–Trinajstić information content (AvgIpc) is 2.96. The summed E-state index contributed by atoms with van der Waals surface area (Å²) in [6, 6.07) is 7.92. The zero-order valence-electron chi connectivity index (χ0n) is 10.6. The average molecular weight is 289 g/mol. The Labute approximate surface area is 119 Å². The van der Waals surface area contributed by atoms with Crippen LogP contribution in [0.15, 0.2) is 35.7 Å². The largest absolute Gasteiger partial charge is 0.304 e. The molecule has 2 heterocycles. The monoisotopic (exact) mass is 289 g/mol. The molecule has 0 spiro atoms. The van der Waals surface area contributed by atoms with Gasteiger partial charge in [-0.2, -0.15) is 0 Å². The first-order chi connectivity index (χ1) is 9.65. The van der Waals surface area contributed by atoms with E-state index < -0.39 is 5.82 Å². The van der Waals surface area contributed by atoms with Crippen LogP contribution in [0.5, 0.6) is 0 Å². The van der Waals surface area contributed by atoms with Gasteiger partial charge in [0.2, 0.25) is 5.91 Å². The molecule has 3 rings (SSSR count). The fourth-order valence-electron chi connectivity index (χ4n) is 2.34. The van der Waals surface area contributed by atoms with Crippen LogP contribution in [-0.2, 0) is 11.2 Å². The number of hydrogen-bond donors (Lipinski definition) is 0. The van der Waals surface area contributed by atoms with Crippen LogP contribution in [0.1, 0.15) is 21.7 Å². The minimum absolute atomic E-state index is 0.0319. The summed E-state index contributed by atoms with van der Waals surface area (Å²) in [5.41, 5.74) is 1.43. The van der Waals surface area contributed by atoms with Crippen molar-refractivity contribution in [3.63, 3.8) is 0 Å². The van der Waals surface area contributed by atoms with Gasteiger partial charge in [-0.1, -0.05) is 12.1 Å². The molecular weight excluding hydrogens is 277 g/mol. The van der Waals surface area contributed by atoms with Crippen molar-refractivity contribution < 1.29 is 14.0 Å². The Morgan fingerprint density at radius 1 is 1.30 bits per heavy atom. The van der Waals surface area contributed by atoms with Gasteiger partial charge < -0.3 is 4.90 Å². The molecule has 1 aliphatic rings. The van der Waals surface area contributed by atoms with Gasteiger partial charge in [0, 0.05) is 6.42 Å². The molecule has 0 aliphatic carbocycles. The zero-order chi connectivity index (χ0) is 14.1. The van der Waals surface area contributed by atoms with Gasteiger partial charge in [-0.3, -0.25) is 9.59 Å². The number of Topliss-reactive ketones (excluding diaryl/α,β-unsaturated/α-hetero) is 1. The Bertz CT molecular complexity index is 667. The molecule has 0 saturated carbocycles. The van der Waals surface area contributed by atoms with E-state index in [1.54, 1.807) is 18.2 Å². The molecule has 0 N–H and O–H groups in total. The molecule has 0 radical (unpaired) electrons. The summed E-state index contributed by atoms with van der Waals surface area (Å²) < 4.78 is 13.4. The zero-order valence-corrected chi connectivity index (χ0v) is 11.5. The predicted octanol–water partition coefficient (Wildman–Crippen LogP) is 3.05. The van der Waals surface area contributed by atoms with E-state index in [9.17, 15) is 14.0 Å². The van der Waals surface area contributed by atoms with Crippen molar-refractivity contribution in [2.45, 2.75) is 12.8 Å². The molecule has 0 unspecified atom stereocenters. The maximum absolute atomic E-state index is 13.4. The second-order valence-electron chi connectivity index (χ2n) is 4.65. The Morgan fingerprint density at radius 2 is 2.15 bits per heavy atom. The van der Waals surface area contributed by atoms with Gasteiger partial charge in [-0.05, 0) is 35.6 Å². The Balaban J connectivity index is 1.91. The van der Waals surface area contributed by atoms with Crippen LogP contribution >= 0.6 is 11.3 Å². The Morgan fingerprint density at radius 3 is 2.90 bits per heavy atom. The number of fused-ring (bicyclic) bond motifs is 1. The van der Waals surface area contributed by atoms with E-state index in [-0.39, 0.29) is 18.2 Å². The van der Waals surface area contributed by atoms with Gasteiger partial charge in [0.1, 0.15) is 5.82 Å². The molecule has 1 aliphatic heterocycles. The number of rotatable bonds is 3. The van der Waals surface area contributed by atoms with Gasteiger partial charge in [-0.25, -0.2) is 4.39 Å². The number of halogens is 1. The molecular formula is C15H12FNO2S. The van der Waals surface area contributed by atoms with E-state index in [4.69, 9.17) is 0 Å². The number of anilines is 1. The summed E-state index contributed by atoms with van der Waals surface area (Å²) >= 11 is 1.34. The summed E-state index contributed by atoms with van der Waals surface area (Å²) in [4.78, 5) is 26.2. The first-order valence-corrected chi connectivity index (χ1v) is 7.18. The maximum Gasteiger partial charge on any atom is 0.227 e. The number of carbonyl (C=O) groups is 2. The minimum atomic E-state index is -0.396. The summed E-state index contributed by atoms with van der Waals surface area (Å²) in [6.45, 7) is -0.0319. The highest BCUT2D eigenvalue weighted by Crippen LogP contribution is 2.29. The second-order valence-corrected chi connectivity index (χ2v) is 5.60. The highest BCUT2D eigenvalue weighted by atomic mass is 32.1. The quantitative estimate of drug-likeness (QED) is 0.814.